The Morgan fingerprint density at radius 2 is 2.00 bits per heavy atom. The normalized spacial score (nSPS) is 11.6. The number of nitrogens with zero attached hydrogens (tertiary/aromatic N) is 3. The second kappa shape index (κ2) is 4.86. The zero-order chi connectivity index (χ0) is 12.3. The molecule has 0 aliphatic heterocycles. The number of alkyl halides is 3. The largest absolute Gasteiger partial charge is 0.405 e. The summed E-state index contributed by atoms with van der Waals surface area (Å²) >= 11 is 5.73. The van der Waals surface area contributed by atoms with Crippen LogP contribution in [0.25, 0.3) is 0 Å². The van der Waals surface area contributed by atoms with Gasteiger partial charge in [0.15, 0.2) is 0 Å². The van der Waals surface area contributed by atoms with Crippen LogP contribution in [0.4, 0.5) is 19.0 Å². The lowest BCUT2D eigenvalue weighted by atomic mass is 10.3. The van der Waals surface area contributed by atoms with E-state index in [1.807, 2.05) is 0 Å². The molecule has 90 valence electrons. The van der Waals surface area contributed by atoms with E-state index in [-0.39, 0.29) is 17.5 Å². The highest BCUT2D eigenvalue weighted by Crippen LogP contribution is 2.25. The number of rotatable bonds is 3. The molecule has 0 aliphatic carbocycles. The van der Waals surface area contributed by atoms with E-state index in [0.29, 0.717) is 5.56 Å². The molecule has 0 radical (unpaired) electrons. The molecule has 1 aromatic rings. The van der Waals surface area contributed by atoms with Crippen molar-refractivity contribution in [3.63, 3.8) is 0 Å². The van der Waals surface area contributed by atoms with Gasteiger partial charge in [0, 0.05) is 12.1 Å². The third kappa shape index (κ3) is 3.23. The van der Waals surface area contributed by atoms with Gasteiger partial charge in [0.25, 0.3) is 0 Å². The molecule has 16 heavy (non-hydrogen) atoms. The zero-order valence-electron chi connectivity index (χ0n) is 8.85. The van der Waals surface area contributed by atoms with Gasteiger partial charge in [-0.3, -0.25) is 0 Å². The van der Waals surface area contributed by atoms with Gasteiger partial charge in [0.1, 0.15) is 23.8 Å². The number of aromatic nitrogens is 2. The molecular formula is C9H11ClF3N3. The van der Waals surface area contributed by atoms with E-state index >= 15 is 0 Å². The summed E-state index contributed by atoms with van der Waals surface area (Å²) in [4.78, 5) is 8.64. The Balaban J connectivity index is 3.00. The lowest BCUT2D eigenvalue weighted by molar-refractivity contribution is -0.119. The topological polar surface area (TPSA) is 29.0 Å². The van der Waals surface area contributed by atoms with E-state index in [2.05, 4.69) is 9.97 Å². The van der Waals surface area contributed by atoms with Gasteiger partial charge in [0.05, 0.1) is 0 Å². The maximum absolute atomic E-state index is 12.3. The van der Waals surface area contributed by atoms with Crippen LogP contribution >= 0.6 is 11.6 Å². The summed E-state index contributed by atoms with van der Waals surface area (Å²) in [6.07, 6.45) is -3.11. The van der Waals surface area contributed by atoms with Crippen LogP contribution in [0, 0.1) is 6.92 Å². The molecule has 0 saturated heterocycles. The monoisotopic (exact) mass is 253 g/mol. The summed E-state index contributed by atoms with van der Waals surface area (Å²) in [5.41, 5.74) is 0.454. The minimum Gasteiger partial charge on any atom is -0.347 e. The Hall–Kier alpha value is -1.04. The molecule has 0 aromatic carbocycles. The first-order valence-corrected chi connectivity index (χ1v) is 5.01. The Labute approximate surface area is 96.3 Å². The maximum Gasteiger partial charge on any atom is 0.405 e. The van der Waals surface area contributed by atoms with Crippen molar-refractivity contribution >= 4 is 17.4 Å². The molecule has 0 spiro atoms. The summed E-state index contributed by atoms with van der Waals surface area (Å²) in [6, 6.07) is 0. The standard InChI is InChI=1S/C9H11ClF3N3/c1-3-16(4-9(11,12)13)8-6(2)7(10)14-5-15-8/h5H,3-4H2,1-2H3. The lowest BCUT2D eigenvalue weighted by Crippen LogP contribution is -2.35. The van der Waals surface area contributed by atoms with Crippen molar-refractivity contribution in [2.75, 3.05) is 18.0 Å². The molecule has 0 bridgehead atoms. The maximum atomic E-state index is 12.3. The van der Waals surface area contributed by atoms with Crippen LogP contribution in [0.2, 0.25) is 5.15 Å². The van der Waals surface area contributed by atoms with Gasteiger partial charge in [-0.05, 0) is 13.8 Å². The fourth-order valence-electron chi connectivity index (χ4n) is 1.29. The van der Waals surface area contributed by atoms with Crippen molar-refractivity contribution in [1.29, 1.82) is 0 Å². The Morgan fingerprint density at radius 1 is 1.38 bits per heavy atom. The van der Waals surface area contributed by atoms with E-state index in [4.69, 9.17) is 11.6 Å². The number of hydrogen-bond donors (Lipinski definition) is 0. The second-order valence-corrected chi connectivity index (χ2v) is 3.60. The van der Waals surface area contributed by atoms with Gasteiger partial charge in [0.2, 0.25) is 0 Å². The van der Waals surface area contributed by atoms with Gasteiger partial charge >= 0.3 is 6.18 Å². The van der Waals surface area contributed by atoms with E-state index in [0.717, 1.165) is 11.2 Å². The Bertz CT molecular complexity index is 368. The summed E-state index contributed by atoms with van der Waals surface area (Å²) in [5, 5.41) is 0.172. The molecule has 0 amide bonds. The summed E-state index contributed by atoms with van der Waals surface area (Å²) < 4.78 is 36.9. The highest BCUT2D eigenvalue weighted by atomic mass is 35.5. The highest BCUT2D eigenvalue weighted by Gasteiger charge is 2.31. The minimum atomic E-state index is -4.26. The fraction of sp³-hybridized carbons (Fsp3) is 0.556. The summed E-state index contributed by atoms with van der Waals surface area (Å²) in [5.74, 6) is 0.222. The molecule has 7 heteroatoms. The lowest BCUT2D eigenvalue weighted by Gasteiger charge is -2.24. The molecule has 0 N–H and O–H groups in total. The quantitative estimate of drug-likeness (QED) is 0.776. The molecule has 0 saturated carbocycles. The molecule has 0 aliphatic rings. The van der Waals surface area contributed by atoms with Crippen molar-refractivity contribution in [1.82, 2.24) is 9.97 Å². The molecule has 1 heterocycles. The first-order chi connectivity index (χ1) is 7.35. The Morgan fingerprint density at radius 3 is 2.50 bits per heavy atom. The van der Waals surface area contributed by atoms with Crippen LogP contribution in [0.1, 0.15) is 12.5 Å². The third-order valence-electron chi connectivity index (χ3n) is 2.05. The average Bonchev–Trinajstić information content (AvgIpc) is 2.18. The van der Waals surface area contributed by atoms with E-state index in [1.165, 1.54) is 0 Å². The number of anilines is 1. The molecule has 0 atom stereocenters. The van der Waals surface area contributed by atoms with E-state index < -0.39 is 12.7 Å². The zero-order valence-corrected chi connectivity index (χ0v) is 9.60. The van der Waals surface area contributed by atoms with E-state index in [1.54, 1.807) is 13.8 Å². The second-order valence-electron chi connectivity index (χ2n) is 3.24. The van der Waals surface area contributed by atoms with Crippen molar-refractivity contribution < 1.29 is 13.2 Å². The average molecular weight is 254 g/mol. The van der Waals surface area contributed by atoms with Crippen molar-refractivity contribution in [3.8, 4) is 0 Å². The molecule has 1 aromatic heterocycles. The smallest absolute Gasteiger partial charge is 0.347 e. The van der Waals surface area contributed by atoms with Crippen LogP contribution in [0.3, 0.4) is 0 Å². The van der Waals surface area contributed by atoms with Gasteiger partial charge in [-0.15, -0.1) is 0 Å². The van der Waals surface area contributed by atoms with Crippen molar-refractivity contribution in [3.05, 3.63) is 17.0 Å². The number of hydrogen-bond acceptors (Lipinski definition) is 3. The fourth-order valence-corrected chi connectivity index (χ4v) is 1.42. The van der Waals surface area contributed by atoms with Gasteiger partial charge in [-0.25, -0.2) is 9.97 Å². The summed E-state index contributed by atoms with van der Waals surface area (Å²) in [7, 11) is 0. The first-order valence-electron chi connectivity index (χ1n) is 4.64. The third-order valence-corrected chi connectivity index (χ3v) is 2.43. The minimum absolute atomic E-state index is 0.172. The van der Waals surface area contributed by atoms with Crippen molar-refractivity contribution in [2.24, 2.45) is 0 Å². The molecule has 0 unspecified atom stereocenters. The molecule has 0 fully saturated rings. The highest BCUT2D eigenvalue weighted by molar-refractivity contribution is 6.30. The van der Waals surface area contributed by atoms with Crippen LogP contribution < -0.4 is 4.90 Å². The molecule has 3 nitrogen and oxygen atoms in total. The van der Waals surface area contributed by atoms with Gasteiger partial charge < -0.3 is 4.90 Å². The van der Waals surface area contributed by atoms with Gasteiger partial charge in [-0.2, -0.15) is 13.2 Å². The number of halogens is 4. The summed E-state index contributed by atoms with van der Waals surface area (Å²) in [6.45, 7) is 2.38. The van der Waals surface area contributed by atoms with Crippen LogP contribution in [-0.4, -0.2) is 29.2 Å². The van der Waals surface area contributed by atoms with Crippen LogP contribution in [-0.2, 0) is 0 Å². The van der Waals surface area contributed by atoms with Crippen molar-refractivity contribution in [2.45, 2.75) is 20.0 Å². The SMILES string of the molecule is CCN(CC(F)(F)F)c1ncnc(Cl)c1C. The van der Waals surface area contributed by atoms with E-state index in [9.17, 15) is 13.2 Å². The van der Waals surface area contributed by atoms with Crippen LogP contribution in [0.15, 0.2) is 6.33 Å². The van der Waals surface area contributed by atoms with Gasteiger partial charge in [-0.1, -0.05) is 11.6 Å². The first kappa shape index (κ1) is 13.0. The predicted molar refractivity (Wildman–Crippen MR) is 55.7 cm³/mol. The molecular weight excluding hydrogens is 243 g/mol. The Kier molecular flexibility index (Phi) is 3.96. The molecule has 1 rings (SSSR count). The predicted octanol–water partition coefficient (Wildman–Crippen LogP) is 2.83. The van der Waals surface area contributed by atoms with Crippen LogP contribution in [0.5, 0.6) is 0 Å².